The summed E-state index contributed by atoms with van der Waals surface area (Å²) in [7, 11) is 0. The van der Waals surface area contributed by atoms with E-state index < -0.39 is 0 Å². The Morgan fingerprint density at radius 2 is 2.04 bits per heavy atom. The molecule has 0 bridgehead atoms. The molecule has 1 heterocycles. The topological polar surface area (TPSA) is 68.0 Å². The third kappa shape index (κ3) is 4.00. The molecule has 0 radical (unpaired) electrons. The van der Waals surface area contributed by atoms with Crippen molar-refractivity contribution in [2.24, 2.45) is 0 Å². The van der Waals surface area contributed by atoms with E-state index in [1.165, 1.54) is 0 Å². The second-order valence-electron chi connectivity index (χ2n) is 5.41. The van der Waals surface area contributed by atoms with Crippen LogP contribution in [0.2, 0.25) is 5.02 Å². The number of halogens is 1. The SMILES string of the molecule is Cc1cccc(NC(=O)CCc2nc(-c3ccccc3Cl)no2)c1. The van der Waals surface area contributed by atoms with Gasteiger partial charge in [-0.1, -0.05) is 41.0 Å². The Morgan fingerprint density at radius 3 is 2.83 bits per heavy atom. The number of amides is 1. The summed E-state index contributed by atoms with van der Waals surface area (Å²) < 4.78 is 5.19. The molecule has 3 aromatic rings. The summed E-state index contributed by atoms with van der Waals surface area (Å²) in [4.78, 5) is 16.3. The van der Waals surface area contributed by atoms with Gasteiger partial charge in [0.05, 0.1) is 5.02 Å². The molecule has 1 amide bonds. The maximum atomic E-state index is 12.0. The molecule has 6 heteroatoms. The molecule has 0 spiro atoms. The van der Waals surface area contributed by atoms with E-state index in [9.17, 15) is 4.79 Å². The van der Waals surface area contributed by atoms with Gasteiger partial charge in [0.15, 0.2) is 0 Å². The Bertz CT molecular complexity index is 861. The molecular weight excluding hydrogens is 326 g/mol. The van der Waals surface area contributed by atoms with Crippen LogP contribution in [-0.4, -0.2) is 16.0 Å². The summed E-state index contributed by atoms with van der Waals surface area (Å²) in [6.07, 6.45) is 0.632. The Hall–Kier alpha value is -2.66. The van der Waals surface area contributed by atoms with Gasteiger partial charge in [0.2, 0.25) is 17.6 Å². The van der Waals surface area contributed by atoms with Gasteiger partial charge >= 0.3 is 0 Å². The number of nitrogens with one attached hydrogen (secondary N) is 1. The Balaban J connectivity index is 1.59. The number of aromatic nitrogens is 2. The Kier molecular flexibility index (Phi) is 4.91. The van der Waals surface area contributed by atoms with Crippen molar-refractivity contribution in [1.82, 2.24) is 10.1 Å². The van der Waals surface area contributed by atoms with Crippen LogP contribution < -0.4 is 5.32 Å². The van der Waals surface area contributed by atoms with Crippen LogP contribution in [0.15, 0.2) is 53.1 Å². The van der Waals surface area contributed by atoms with Gasteiger partial charge in [-0.15, -0.1) is 0 Å². The van der Waals surface area contributed by atoms with Gasteiger partial charge < -0.3 is 9.84 Å². The standard InChI is InChI=1S/C18H16ClN3O2/c1-12-5-4-6-13(11-12)20-16(23)9-10-17-21-18(22-24-17)14-7-2-3-8-15(14)19/h2-8,11H,9-10H2,1H3,(H,20,23). The van der Waals surface area contributed by atoms with E-state index in [4.69, 9.17) is 16.1 Å². The van der Waals surface area contributed by atoms with E-state index in [-0.39, 0.29) is 12.3 Å². The second-order valence-corrected chi connectivity index (χ2v) is 5.82. The van der Waals surface area contributed by atoms with Crippen LogP contribution in [-0.2, 0) is 11.2 Å². The van der Waals surface area contributed by atoms with Gasteiger partial charge in [-0.25, -0.2) is 0 Å². The average molecular weight is 342 g/mol. The molecule has 0 aliphatic rings. The lowest BCUT2D eigenvalue weighted by Crippen LogP contribution is -2.12. The van der Waals surface area contributed by atoms with Crippen molar-refractivity contribution in [2.75, 3.05) is 5.32 Å². The highest BCUT2D eigenvalue weighted by Crippen LogP contribution is 2.25. The molecule has 24 heavy (non-hydrogen) atoms. The summed E-state index contributed by atoms with van der Waals surface area (Å²) in [5.74, 6) is 0.733. The summed E-state index contributed by atoms with van der Waals surface area (Å²) in [5, 5.41) is 7.33. The molecule has 0 saturated heterocycles. The first-order chi connectivity index (χ1) is 11.6. The number of anilines is 1. The zero-order chi connectivity index (χ0) is 16.9. The highest BCUT2D eigenvalue weighted by molar-refractivity contribution is 6.33. The Labute approximate surface area is 144 Å². The van der Waals surface area contributed by atoms with Gasteiger partial charge in [0.25, 0.3) is 0 Å². The molecule has 5 nitrogen and oxygen atoms in total. The summed E-state index contributed by atoms with van der Waals surface area (Å²) in [6.45, 7) is 1.98. The molecule has 3 rings (SSSR count). The van der Waals surface area contributed by atoms with Crippen LogP contribution in [0.1, 0.15) is 17.9 Å². The third-order valence-electron chi connectivity index (χ3n) is 3.45. The summed E-state index contributed by atoms with van der Waals surface area (Å²) in [6, 6.07) is 14.9. The van der Waals surface area contributed by atoms with E-state index >= 15 is 0 Å². The van der Waals surface area contributed by atoms with E-state index in [0.29, 0.717) is 28.7 Å². The number of hydrogen-bond donors (Lipinski definition) is 1. The van der Waals surface area contributed by atoms with Crippen molar-refractivity contribution in [3.05, 3.63) is 65.0 Å². The van der Waals surface area contributed by atoms with Gasteiger partial charge in [0, 0.05) is 24.1 Å². The predicted octanol–water partition coefficient (Wildman–Crippen LogP) is 4.27. The maximum Gasteiger partial charge on any atom is 0.227 e. The number of benzene rings is 2. The monoisotopic (exact) mass is 341 g/mol. The van der Waals surface area contributed by atoms with E-state index in [0.717, 1.165) is 11.3 Å². The molecule has 0 aliphatic heterocycles. The van der Waals surface area contributed by atoms with Crippen molar-refractivity contribution >= 4 is 23.2 Å². The van der Waals surface area contributed by atoms with Crippen LogP contribution in [0.5, 0.6) is 0 Å². The lowest BCUT2D eigenvalue weighted by atomic mass is 10.2. The maximum absolute atomic E-state index is 12.0. The zero-order valence-electron chi connectivity index (χ0n) is 13.1. The summed E-state index contributed by atoms with van der Waals surface area (Å²) >= 11 is 6.11. The number of hydrogen-bond acceptors (Lipinski definition) is 4. The van der Waals surface area contributed by atoms with Crippen LogP contribution in [0.3, 0.4) is 0 Å². The number of carbonyl (C=O) groups excluding carboxylic acids is 1. The molecule has 122 valence electrons. The molecule has 0 aliphatic carbocycles. The average Bonchev–Trinajstić information content (AvgIpc) is 3.02. The van der Waals surface area contributed by atoms with E-state index in [1.54, 1.807) is 6.07 Å². The highest BCUT2D eigenvalue weighted by Gasteiger charge is 2.12. The number of carbonyl (C=O) groups is 1. The van der Waals surface area contributed by atoms with Crippen molar-refractivity contribution in [1.29, 1.82) is 0 Å². The third-order valence-corrected chi connectivity index (χ3v) is 3.78. The van der Waals surface area contributed by atoms with Crippen molar-refractivity contribution < 1.29 is 9.32 Å². The van der Waals surface area contributed by atoms with Crippen LogP contribution >= 0.6 is 11.6 Å². The molecule has 0 saturated carbocycles. The number of rotatable bonds is 5. The van der Waals surface area contributed by atoms with Crippen molar-refractivity contribution in [3.63, 3.8) is 0 Å². The van der Waals surface area contributed by atoms with Crippen molar-refractivity contribution in [3.8, 4) is 11.4 Å². The summed E-state index contributed by atoms with van der Waals surface area (Å²) in [5.41, 5.74) is 2.58. The van der Waals surface area contributed by atoms with E-state index in [1.807, 2.05) is 49.4 Å². The fourth-order valence-electron chi connectivity index (χ4n) is 2.28. The molecule has 0 fully saturated rings. The lowest BCUT2D eigenvalue weighted by molar-refractivity contribution is -0.116. The number of nitrogens with zero attached hydrogens (tertiary/aromatic N) is 2. The second kappa shape index (κ2) is 7.27. The van der Waals surface area contributed by atoms with E-state index in [2.05, 4.69) is 15.5 Å². The first-order valence-corrected chi connectivity index (χ1v) is 7.93. The first-order valence-electron chi connectivity index (χ1n) is 7.56. The van der Waals surface area contributed by atoms with Gasteiger partial charge in [-0.05, 0) is 36.8 Å². The van der Waals surface area contributed by atoms with Crippen LogP contribution in [0.25, 0.3) is 11.4 Å². The van der Waals surface area contributed by atoms with Crippen molar-refractivity contribution in [2.45, 2.75) is 19.8 Å². The minimum absolute atomic E-state index is 0.0990. The normalized spacial score (nSPS) is 10.6. The molecule has 1 N–H and O–H groups in total. The van der Waals surface area contributed by atoms with Crippen LogP contribution in [0, 0.1) is 6.92 Å². The Morgan fingerprint density at radius 1 is 1.21 bits per heavy atom. The minimum Gasteiger partial charge on any atom is -0.339 e. The first kappa shape index (κ1) is 16.2. The molecule has 0 atom stereocenters. The van der Waals surface area contributed by atoms with Crippen LogP contribution in [0.4, 0.5) is 5.69 Å². The molecular formula is C18H16ClN3O2. The van der Waals surface area contributed by atoms with Gasteiger partial charge in [-0.3, -0.25) is 4.79 Å². The fourth-order valence-corrected chi connectivity index (χ4v) is 2.50. The minimum atomic E-state index is -0.0990. The van der Waals surface area contributed by atoms with Gasteiger partial charge in [0.1, 0.15) is 0 Å². The highest BCUT2D eigenvalue weighted by atomic mass is 35.5. The molecule has 0 unspecified atom stereocenters. The zero-order valence-corrected chi connectivity index (χ0v) is 13.9. The quantitative estimate of drug-likeness (QED) is 0.752. The fraction of sp³-hybridized carbons (Fsp3) is 0.167. The lowest BCUT2D eigenvalue weighted by Gasteiger charge is -2.04. The molecule has 1 aromatic heterocycles. The number of aryl methyl sites for hydroxylation is 2. The largest absolute Gasteiger partial charge is 0.339 e. The van der Waals surface area contributed by atoms with Gasteiger partial charge in [-0.2, -0.15) is 4.98 Å². The smallest absolute Gasteiger partial charge is 0.227 e. The molecule has 2 aromatic carbocycles. The predicted molar refractivity (Wildman–Crippen MR) is 92.9 cm³/mol.